The van der Waals surface area contributed by atoms with Gasteiger partial charge in [0.2, 0.25) is 0 Å². The van der Waals surface area contributed by atoms with Crippen LogP contribution in [0.5, 0.6) is 0 Å². The standard InChI is InChI=1S/C10H11ClN2/c11-8-4-3-5-9(12)10(8)13-6-1-2-7-13/h1-5H,6-7,12H2. The van der Waals surface area contributed by atoms with Crippen LogP contribution in [-0.2, 0) is 0 Å². The van der Waals surface area contributed by atoms with Crippen LogP contribution in [0.3, 0.4) is 0 Å². The highest BCUT2D eigenvalue weighted by atomic mass is 35.5. The molecule has 0 aromatic heterocycles. The summed E-state index contributed by atoms with van der Waals surface area (Å²) in [7, 11) is 0. The molecule has 1 aliphatic rings. The minimum absolute atomic E-state index is 0.726. The second-order valence-corrected chi connectivity index (χ2v) is 3.46. The number of nitrogen functional groups attached to an aromatic ring is 1. The van der Waals surface area contributed by atoms with E-state index < -0.39 is 0 Å². The molecule has 0 atom stereocenters. The average Bonchev–Trinajstić information content (AvgIpc) is 2.57. The van der Waals surface area contributed by atoms with Crippen LogP contribution in [0.4, 0.5) is 11.4 Å². The molecular weight excluding hydrogens is 184 g/mol. The van der Waals surface area contributed by atoms with Crippen LogP contribution in [0.15, 0.2) is 30.4 Å². The van der Waals surface area contributed by atoms with E-state index in [1.165, 1.54) is 0 Å². The van der Waals surface area contributed by atoms with E-state index in [0.29, 0.717) is 0 Å². The van der Waals surface area contributed by atoms with Gasteiger partial charge in [-0.25, -0.2) is 0 Å². The van der Waals surface area contributed by atoms with Crippen LogP contribution in [0, 0.1) is 0 Å². The minimum Gasteiger partial charge on any atom is -0.397 e. The summed E-state index contributed by atoms with van der Waals surface area (Å²) in [4.78, 5) is 2.15. The molecule has 1 heterocycles. The van der Waals surface area contributed by atoms with Crippen LogP contribution < -0.4 is 10.6 Å². The van der Waals surface area contributed by atoms with Gasteiger partial charge in [-0.15, -0.1) is 0 Å². The Labute approximate surface area is 82.6 Å². The zero-order valence-corrected chi connectivity index (χ0v) is 7.96. The SMILES string of the molecule is Nc1cccc(Cl)c1N1CC=CC1. The Bertz CT molecular complexity index is 319. The lowest BCUT2D eigenvalue weighted by atomic mass is 10.2. The molecule has 0 unspecified atom stereocenters. The first-order valence-corrected chi connectivity index (χ1v) is 4.61. The molecule has 1 aromatic rings. The third kappa shape index (κ3) is 1.49. The lowest BCUT2D eigenvalue weighted by molar-refractivity contribution is 1.01. The highest BCUT2D eigenvalue weighted by molar-refractivity contribution is 6.34. The lowest BCUT2D eigenvalue weighted by Gasteiger charge is -2.20. The number of hydrogen-bond donors (Lipinski definition) is 1. The van der Waals surface area contributed by atoms with Crippen molar-refractivity contribution in [1.29, 1.82) is 0 Å². The molecule has 1 aromatic carbocycles. The fourth-order valence-corrected chi connectivity index (χ4v) is 1.83. The number of nitrogens with zero attached hydrogens (tertiary/aromatic N) is 1. The van der Waals surface area contributed by atoms with Crippen molar-refractivity contribution < 1.29 is 0 Å². The van der Waals surface area contributed by atoms with Gasteiger partial charge in [-0.05, 0) is 12.1 Å². The minimum atomic E-state index is 0.726. The van der Waals surface area contributed by atoms with Gasteiger partial charge in [0.05, 0.1) is 16.4 Å². The summed E-state index contributed by atoms with van der Waals surface area (Å²) in [5.41, 5.74) is 7.55. The number of para-hydroxylation sites is 1. The smallest absolute Gasteiger partial charge is 0.0794 e. The van der Waals surface area contributed by atoms with E-state index in [9.17, 15) is 0 Å². The maximum Gasteiger partial charge on any atom is 0.0794 e. The predicted octanol–water partition coefficient (Wildman–Crippen LogP) is 2.30. The Balaban J connectivity index is 2.38. The predicted molar refractivity (Wildman–Crippen MR) is 57.2 cm³/mol. The molecule has 0 radical (unpaired) electrons. The largest absolute Gasteiger partial charge is 0.397 e. The van der Waals surface area contributed by atoms with Gasteiger partial charge in [0, 0.05) is 13.1 Å². The van der Waals surface area contributed by atoms with E-state index in [4.69, 9.17) is 17.3 Å². The number of benzene rings is 1. The third-order valence-electron chi connectivity index (χ3n) is 2.15. The van der Waals surface area contributed by atoms with Crippen molar-refractivity contribution in [1.82, 2.24) is 0 Å². The first-order valence-electron chi connectivity index (χ1n) is 4.23. The third-order valence-corrected chi connectivity index (χ3v) is 2.46. The van der Waals surface area contributed by atoms with Crippen molar-refractivity contribution in [2.45, 2.75) is 0 Å². The molecular formula is C10H11ClN2. The lowest BCUT2D eigenvalue weighted by Crippen LogP contribution is -2.20. The maximum atomic E-state index is 6.06. The first kappa shape index (κ1) is 8.45. The molecule has 0 spiro atoms. The fourth-order valence-electron chi connectivity index (χ4n) is 1.53. The topological polar surface area (TPSA) is 29.3 Å². The normalized spacial score (nSPS) is 15.3. The molecule has 2 rings (SSSR count). The van der Waals surface area contributed by atoms with Crippen molar-refractivity contribution in [3.05, 3.63) is 35.4 Å². The van der Waals surface area contributed by atoms with Gasteiger partial charge in [0.15, 0.2) is 0 Å². The molecule has 0 fully saturated rings. The quantitative estimate of drug-likeness (QED) is 0.549. The summed E-state index contributed by atoms with van der Waals surface area (Å²) in [6.45, 7) is 1.79. The summed E-state index contributed by atoms with van der Waals surface area (Å²) in [5.74, 6) is 0. The molecule has 0 saturated heterocycles. The average molecular weight is 195 g/mol. The zero-order chi connectivity index (χ0) is 9.26. The van der Waals surface area contributed by atoms with Crippen molar-refractivity contribution in [3.8, 4) is 0 Å². The molecule has 68 valence electrons. The first-order chi connectivity index (χ1) is 6.29. The van der Waals surface area contributed by atoms with Crippen LogP contribution in [-0.4, -0.2) is 13.1 Å². The second-order valence-electron chi connectivity index (χ2n) is 3.05. The fraction of sp³-hybridized carbons (Fsp3) is 0.200. The number of halogens is 1. The molecule has 1 aliphatic heterocycles. The van der Waals surface area contributed by atoms with E-state index >= 15 is 0 Å². The van der Waals surface area contributed by atoms with Crippen LogP contribution >= 0.6 is 11.6 Å². The molecule has 0 saturated carbocycles. The Kier molecular flexibility index (Phi) is 2.15. The molecule has 3 heteroatoms. The van der Waals surface area contributed by atoms with Crippen molar-refractivity contribution in [2.75, 3.05) is 23.7 Å². The van der Waals surface area contributed by atoms with E-state index in [1.807, 2.05) is 18.2 Å². The van der Waals surface area contributed by atoms with Crippen LogP contribution in [0.1, 0.15) is 0 Å². The summed E-state index contributed by atoms with van der Waals surface area (Å²) in [6.07, 6.45) is 4.23. The van der Waals surface area contributed by atoms with E-state index in [1.54, 1.807) is 0 Å². The van der Waals surface area contributed by atoms with Gasteiger partial charge < -0.3 is 10.6 Å². The zero-order valence-electron chi connectivity index (χ0n) is 7.20. The Morgan fingerprint density at radius 3 is 2.54 bits per heavy atom. The van der Waals surface area contributed by atoms with E-state index in [-0.39, 0.29) is 0 Å². The number of hydrogen-bond acceptors (Lipinski definition) is 2. The molecule has 0 amide bonds. The summed E-state index contributed by atoms with van der Waals surface area (Å²) >= 11 is 6.06. The maximum absolute atomic E-state index is 6.06. The van der Waals surface area contributed by atoms with Crippen molar-refractivity contribution in [2.24, 2.45) is 0 Å². The highest BCUT2D eigenvalue weighted by Gasteiger charge is 2.13. The van der Waals surface area contributed by atoms with Crippen LogP contribution in [0.25, 0.3) is 0 Å². The Morgan fingerprint density at radius 2 is 1.92 bits per heavy atom. The van der Waals surface area contributed by atoms with Gasteiger partial charge in [-0.1, -0.05) is 29.8 Å². The summed E-state index contributed by atoms with van der Waals surface area (Å²) in [5, 5.41) is 0.726. The van der Waals surface area contributed by atoms with E-state index in [0.717, 1.165) is 29.5 Å². The summed E-state index contributed by atoms with van der Waals surface area (Å²) < 4.78 is 0. The van der Waals surface area contributed by atoms with Gasteiger partial charge in [-0.2, -0.15) is 0 Å². The van der Waals surface area contributed by atoms with Gasteiger partial charge in [0.25, 0.3) is 0 Å². The molecule has 0 aliphatic carbocycles. The Hall–Kier alpha value is -1.15. The number of rotatable bonds is 1. The number of nitrogens with two attached hydrogens (primary N) is 1. The highest BCUT2D eigenvalue weighted by Crippen LogP contribution is 2.32. The van der Waals surface area contributed by atoms with Crippen molar-refractivity contribution >= 4 is 23.0 Å². The molecule has 13 heavy (non-hydrogen) atoms. The van der Waals surface area contributed by atoms with Crippen molar-refractivity contribution in [3.63, 3.8) is 0 Å². The second kappa shape index (κ2) is 3.30. The molecule has 2 N–H and O–H groups in total. The van der Waals surface area contributed by atoms with Gasteiger partial charge in [0.1, 0.15) is 0 Å². The van der Waals surface area contributed by atoms with Crippen LogP contribution in [0.2, 0.25) is 5.02 Å². The molecule has 0 bridgehead atoms. The molecule has 2 nitrogen and oxygen atoms in total. The number of anilines is 2. The monoisotopic (exact) mass is 194 g/mol. The Morgan fingerprint density at radius 1 is 1.23 bits per heavy atom. The summed E-state index contributed by atoms with van der Waals surface area (Å²) in [6, 6.07) is 5.61. The van der Waals surface area contributed by atoms with Gasteiger partial charge in [-0.3, -0.25) is 0 Å². The van der Waals surface area contributed by atoms with Gasteiger partial charge >= 0.3 is 0 Å². The van der Waals surface area contributed by atoms with E-state index in [2.05, 4.69) is 17.1 Å².